The Morgan fingerprint density at radius 3 is 2.82 bits per heavy atom. The minimum Gasteiger partial charge on any atom is -0.354 e. The van der Waals surface area contributed by atoms with Gasteiger partial charge in [0.1, 0.15) is 5.69 Å². The van der Waals surface area contributed by atoms with E-state index in [0.717, 1.165) is 53.2 Å². The predicted molar refractivity (Wildman–Crippen MR) is 136 cm³/mol. The lowest BCUT2D eigenvalue weighted by Gasteiger charge is -2.31. The number of nitrogens with zero attached hydrogens (tertiary/aromatic N) is 3. The summed E-state index contributed by atoms with van der Waals surface area (Å²) in [6.45, 7) is 6.65. The van der Waals surface area contributed by atoms with Gasteiger partial charge in [0, 0.05) is 28.2 Å². The lowest BCUT2D eigenvalue weighted by molar-refractivity contribution is 0.0953. The van der Waals surface area contributed by atoms with E-state index in [0.29, 0.717) is 28.3 Å². The van der Waals surface area contributed by atoms with E-state index in [1.807, 2.05) is 24.3 Å². The molecule has 1 saturated carbocycles. The lowest BCUT2D eigenvalue weighted by Crippen LogP contribution is -2.33. The summed E-state index contributed by atoms with van der Waals surface area (Å²) in [6, 6.07) is 8.21. The van der Waals surface area contributed by atoms with Crippen molar-refractivity contribution in [2.45, 2.75) is 45.1 Å². The molecule has 0 unspecified atom stereocenters. The number of carbonyl (C=O) groups excluding carboxylic acids is 1. The van der Waals surface area contributed by atoms with Crippen LogP contribution in [0.3, 0.4) is 0 Å². The summed E-state index contributed by atoms with van der Waals surface area (Å²) in [6.07, 6.45) is 7.46. The lowest BCUT2D eigenvalue weighted by atomic mass is 9.93. The van der Waals surface area contributed by atoms with Gasteiger partial charge in [-0.15, -0.1) is 11.3 Å². The molecule has 1 aliphatic heterocycles. The van der Waals surface area contributed by atoms with Gasteiger partial charge in [-0.1, -0.05) is 24.6 Å². The normalized spacial score (nSPS) is 17.4. The standard InChI is InChI=1S/C25H30ClN5OS/c1-2-31-12-9-16(10-13-31)8-11-27-25-28-15-20(26)23(30-25)22-14-19-18(4-3-5-21(19)33-22)24(32)29-17-6-7-17/h3-5,14-17H,2,6-13H2,1H3,(H,29,32)(H,27,28,30). The predicted octanol–water partition coefficient (Wildman–Crippen LogP) is 5.44. The van der Waals surface area contributed by atoms with Crippen molar-refractivity contribution >= 4 is 44.9 Å². The van der Waals surface area contributed by atoms with E-state index < -0.39 is 0 Å². The van der Waals surface area contributed by atoms with Crippen LogP contribution >= 0.6 is 22.9 Å². The minimum atomic E-state index is -0.00615. The number of nitrogens with one attached hydrogen (secondary N) is 2. The fourth-order valence-electron chi connectivity index (χ4n) is 4.47. The number of piperidine rings is 1. The van der Waals surface area contributed by atoms with Crippen LogP contribution in [-0.4, -0.2) is 53.0 Å². The molecule has 2 aliphatic rings. The fourth-order valence-corrected chi connectivity index (χ4v) is 5.81. The van der Waals surface area contributed by atoms with Gasteiger partial charge in [0.15, 0.2) is 0 Å². The molecule has 0 atom stereocenters. The molecule has 8 heteroatoms. The first-order valence-electron chi connectivity index (χ1n) is 11.9. The second-order valence-electron chi connectivity index (χ2n) is 9.06. The topological polar surface area (TPSA) is 70.2 Å². The Kier molecular flexibility index (Phi) is 6.81. The first kappa shape index (κ1) is 22.6. The molecule has 1 saturated heterocycles. The molecule has 2 N–H and O–H groups in total. The molecular weight excluding hydrogens is 454 g/mol. The number of thiophene rings is 1. The van der Waals surface area contributed by atoms with Gasteiger partial charge in [-0.25, -0.2) is 9.97 Å². The van der Waals surface area contributed by atoms with Crippen molar-refractivity contribution in [2.75, 3.05) is 31.5 Å². The zero-order valence-corrected chi connectivity index (χ0v) is 20.5. The molecule has 0 bridgehead atoms. The molecule has 0 spiro atoms. The van der Waals surface area contributed by atoms with Gasteiger partial charge in [0.25, 0.3) is 5.91 Å². The summed E-state index contributed by atoms with van der Waals surface area (Å²) < 4.78 is 1.05. The number of hydrogen-bond donors (Lipinski definition) is 2. The van der Waals surface area contributed by atoms with Crippen molar-refractivity contribution in [3.8, 4) is 10.6 Å². The number of rotatable bonds is 8. The molecule has 0 radical (unpaired) electrons. The van der Waals surface area contributed by atoms with E-state index in [4.69, 9.17) is 16.6 Å². The van der Waals surface area contributed by atoms with Crippen LogP contribution < -0.4 is 10.6 Å². The second-order valence-corrected chi connectivity index (χ2v) is 10.5. The maximum absolute atomic E-state index is 12.7. The highest BCUT2D eigenvalue weighted by molar-refractivity contribution is 7.22. The number of benzene rings is 1. The van der Waals surface area contributed by atoms with Crippen LogP contribution in [0.2, 0.25) is 5.02 Å². The monoisotopic (exact) mass is 483 g/mol. The number of amides is 1. The number of hydrogen-bond acceptors (Lipinski definition) is 6. The number of carbonyl (C=O) groups is 1. The van der Waals surface area contributed by atoms with Crippen LogP contribution in [0.15, 0.2) is 30.5 Å². The molecular formula is C25H30ClN5OS. The van der Waals surface area contributed by atoms with Gasteiger partial charge >= 0.3 is 0 Å². The average Bonchev–Trinajstić information content (AvgIpc) is 3.54. The average molecular weight is 484 g/mol. The summed E-state index contributed by atoms with van der Waals surface area (Å²) >= 11 is 8.09. The van der Waals surface area contributed by atoms with Crippen molar-refractivity contribution < 1.29 is 4.79 Å². The highest BCUT2D eigenvalue weighted by Gasteiger charge is 2.25. The molecule has 174 valence electrons. The molecule has 1 aliphatic carbocycles. The molecule has 3 heterocycles. The van der Waals surface area contributed by atoms with Gasteiger partial charge in [-0.05, 0) is 75.9 Å². The first-order chi connectivity index (χ1) is 16.1. The number of anilines is 1. The molecule has 33 heavy (non-hydrogen) atoms. The van der Waals surface area contributed by atoms with E-state index in [-0.39, 0.29) is 5.91 Å². The molecule has 6 nitrogen and oxygen atoms in total. The number of aromatic nitrogens is 2. The van der Waals surface area contributed by atoms with Crippen LogP contribution in [0.4, 0.5) is 5.95 Å². The van der Waals surface area contributed by atoms with E-state index in [1.165, 1.54) is 25.9 Å². The molecule has 1 aromatic carbocycles. The SMILES string of the molecule is CCN1CCC(CCNc2ncc(Cl)c(-c3cc4c(C(=O)NC5CC5)cccc4s3)n2)CC1. The fraction of sp³-hybridized carbons (Fsp3) is 0.480. The maximum Gasteiger partial charge on any atom is 0.252 e. The quantitative estimate of drug-likeness (QED) is 0.446. The third-order valence-electron chi connectivity index (χ3n) is 6.69. The Bertz CT molecular complexity index is 1140. The third-order valence-corrected chi connectivity index (χ3v) is 8.07. The highest BCUT2D eigenvalue weighted by Crippen LogP contribution is 2.37. The Labute approximate surface area is 203 Å². The minimum absolute atomic E-state index is 0.00615. The first-order valence-corrected chi connectivity index (χ1v) is 13.1. The van der Waals surface area contributed by atoms with Crippen LogP contribution in [0, 0.1) is 5.92 Å². The van der Waals surface area contributed by atoms with Crippen molar-refractivity contribution in [1.29, 1.82) is 0 Å². The zero-order valence-electron chi connectivity index (χ0n) is 18.9. The van der Waals surface area contributed by atoms with Crippen molar-refractivity contribution in [1.82, 2.24) is 20.2 Å². The van der Waals surface area contributed by atoms with Crippen molar-refractivity contribution in [2.24, 2.45) is 5.92 Å². The Hall–Kier alpha value is -2.22. The van der Waals surface area contributed by atoms with Crippen LogP contribution in [0.25, 0.3) is 20.7 Å². The van der Waals surface area contributed by atoms with Crippen molar-refractivity contribution in [3.05, 3.63) is 41.0 Å². The van der Waals surface area contributed by atoms with E-state index >= 15 is 0 Å². The summed E-state index contributed by atoms with van der Waals surface area (Å²) in [5.74, 6) is 1.35. The van der Waals surface area contributed by atoms with Gasteiger partial charge < -0.3 is 15.5 Å². The largest absolute Gasteiger partial charge is 0.354 e. The molecule has 1 amide bonds. The van der Waals surface area contributed by atoms with Gasteiger partial charge in [-0.3, -0.25) is 4.79 Å². The third kappa shape index (κ3) is 5.31. The molecule has 2 aromatic heterocycles. The van der Waals surface area contributed by atoms with E-state index in [9.17, 15) is 4.79 Å². The van der Waals surface area contributed by atoms with Gasteiger partial charge in [0.2, 0.25) is 5.95 Å². The smallest absolute Gasteiger partial charge is 0.252 e. The summed E-state index contributed by atoms with van der Waals surface area (Å²) in [7, 11) is 0. The second kappa shape index (κ2) is 9.95. The molecule has 3 aromatic rings. The van der Waals surface area contributed by atoms with E-state index in [1.54, 1.807) is 17.5 Å². The molecule has 2 fully saturated rings. The number of likely N-dealkylation sites (tertiary alicyclic amines) is 1. The van der Waals surface area contributed by atoms with Gasteiger partial charge in [-0.2, -0.15) is 0 Å². The van der Waals surface area contributed by atoms with Crippen molar-refractivity contribution in [3.63, 3.8) is 0 Å². The number of fused-ring (bicyclic) bond motifs is 1. The summed E-state index contributed by atoms with van der Waals surface area (Å²) in [5, 5.41) is 7.94. The van der Waals surface area contributed by atoms with Crippen LogP contribution in [0.5, 0.6) is 0 Å². The van der Waals surface area contributed by atoms with Crippen LogP contribution in [0.1, 0.15) is 49.4 Å². The zero-order chi connectivity index (χ0) is 22.8. The summed E-state index contributed by atoms with van der Waals surface area (Å²) in [5.41, 5.74) is 1.42. The summed E-state index contributed by atoms with van der Waals surface area (Å²) in [4.78, 5) is 25.3. The number of halogens is 1. The Morgan fingerprint density at radius 1 is 1.24 bits per heavy atom. The van der Waals surface area contributed by atoms with Gasteiger partial charge in [0.05, 0.1) is 16.1 Å². The molecule has 5 rings (SSSR count). The Morgan fingerprint density at radius 2 is 2.06 bits per heavy atom. The Balaban J connectivity index is 1.29. The van der Waals surface area contributed by atoms with E-state index in [2.05, 4.69) is 27.4 Å². The maximum atomic E-state index is 12.7. The van der Waals surface area contributed by atoms with Crippen LogP contribution in [-0.2, 0) is 0 Å². The highest BCUT2D eigenvalue weighted by atomic mass is 35.5.